The second-order valence-electron chi connectivity index (χ2n) is 3.63. The van der Waals surface area contributed by atoms with E-state index < -0.39 is 0 Å². The molecule has 2 aromatic rings. The molecule has 0 saturated heterocycles. The van der Waals surface area contributed by atoms with Crippen LogP contribution in [-0.2, 0) is 0 Å². The van der Waals surface area contributed by atoms with E-state index in [1.807, 2.05) is 24.3 Å². The number of nitrogens with zero attached hydrogens (tertiary/aromatic N) is 1. The zero-order chi connectivity index (χ0) is 12.1. The lowest BCUT2D eigenvalue weighted by atomic mass is 10.1. The number of aromatic hydroxyl groups is 1. The Labute approximate surface area is 99.4 Å². The smallest absolute Gasteiger partial charge is 0.170 e. The first-order valence-electron chi connectivity index (χ1n) is 5.42. The lowest BCUT2D eigenvalue weighted by Gasteiger charge is -2.02. The van der Waals surface area contributed by atoms with Crippen LogP contribution in [0.25, 0.3) is 17.4 Å². The largest absolute Gasteiger partial charge is 0.507 e. The molecule has 0 spiro atoms. The van der Waals surface area contributed by atoms with Crippen molar-refractivity contribution in [1.82, 2.24) is 5.16 Å². The van der Waals surface area contributed by atoms with Gasteiger partial charge in [-0.25, -0.2) is 0 Å². The molecule has 0 atom stereocenters. The molecule has 0 aliphatic carbocycles. The first kappa shape index (κ1) is 11.4. The molecule has 0 bridgehead atoms. The van der Waals surface area contributed by atoms with Crippen LogP contribution in [0.3, 0.4) is 0 Å². The number of hydrogen-bond acceptors (Lipinski definition) is 4. The molecule has 0 saturated carbocycles. The van der Waals surface area contributed by atoms with Gasteiger partial charge in [0, 0.05) is 6.07 Å². The summed E-state index contributed by atoms with van der Waals surface area (Å²) in [5.41, 5.74) is 7.03. The van der Waals surface area contributed by atoms with Crippen molar-refractivity contribution >= 4 is 6.08 Å². The molecule has 4 nitrogen and oxygen atoms in total. The number of hydrogen-bond donors (Lipinski definition) is 2. The summed E-state index contributed by atoms with van der Waals surface area (Å²) in [5, 5.41) is 13.4. The summed E-state index contributed by atoms with van der Waals surface area (Å²) in [6.45, 7) is 0.629. The fraction of sp³-hybridized carbons (Fsp3) is 0.154. The first-order chi connectivity index (χ1) is 8.31. The molecule has 0 radical (unpaired) electrons. The maximum absolute atomic E-state index is 9.75. The van der Waals surface area contributed by atoms with Crippen molar-refractivity contribution < 1.29 is 9.63 Å². The van der Waals surface area contributed by atoms with Crippen LogP contribution in [0.1, 0.15) is 12.0 Å². The van der Waals surface area contributed by atoms with Crippen molar-refractivity contribution in [2.45, 2.75) is 6.42 Å². The highest BCUT2D eigenvalue weighted by Gasteiger charge is 2.07. The summed E-state index contributed by atoms with van der Waals surface area (Å²) >= 11 is 0. The fourth-order valence-electron chi connectivity index (χ4n) is 1.53. The van der Waals surface area contributed by atoms with E-state index in [4.69, 9.17) is 10.3 Å². The Hall–Kier alpha value is -2.07. The summed E-state index contributed by atoms with van der Waals surface area (Å²) in [6.07, 6.45) is 6.34. The Morgan fingerprint density at radius 2 is 2.24 bits per heavy atom. The lowest BCUT2D eigenvalue weighted by molar-refractivity contribution is 0.426. The van der Waals surface area contributed by atoms with Gasteiger partial charge in [-0.2, -0.15) is 0 Å². The molecule has 0 aliphatic heterocycles. The third-order valence-electron chi connectivity index (χ3n) is 2.37. The summed E-state index contributed by atoms with van der Waals surface area (Å²) in [5.74, 6) is 0.731. The number of nitrogens with two attached hydrogens (primary N) is 1. The quantitative estimate of drug-likeness (QED) is 0.846. The van der Waals surface area contributed by atoms with Gasteiger partial charge in [0.2, 0.25) is 0 Å². The lowest BCUT2D eigenvalue weighted by Crippen LogP contribution is -1.94. The second kappa shape index (κ2) is 5.32. The Kier molecular flexibility index (Phi) is 3.57. The standard InChI is InChI=1S/C13H14N2O2/c14-7-2-1-3-10-4-5-12(16)11(9-10)13-6-8-15-17-13/h1,3-6,8-9,16H,2,7,14H2. The summed E-state index contributed by atoms with van der Waals surface area (Å²) < 4.78 is 5.03. The van der Waals surface area contributed by atoms with Gasteiger partial charge in [-0.05, 0) is 30.7 Å². The molecule has 0 amide bonds. The predicted molar refractivity (Wildman–Crippen MR) is 66.3 cm³/mol. The molecule has 1 aromatic carbocycles. The summed E-state index contributed by atoms with van der Waals surface area (Å²) in [6, 6.07) is 7.04. The first-order valence-corrected chi connectivity index (χ1v) is 5.42. The SMILES string of the molecule is NCCC=Cc1ccc(O)c(-c2ccno2)c1. The summed E-state index contributed by atoms with van der Waals surface area (Å²) in [7, 11) is 0. The Balaban J connectivity index is 2.30. The van der Waals surface area contributed by atoms with Gasteiger partial charge in [-0.3, -0.25) is 0 Å². The van der Waals surface area contributed by atoms with Crippen LogP contribution < -0.4 is 5.73 Å². The van der Waals surface area contributed by atoms with Gasteiger partial charge in [-0.1, -0.05) is 23.4 Å². The predicted octanol–water partition coefficient (Wildman–Crippen LogP) is 2.41. The van der Waals surface area contributed by atoms with Crippen molar-refractivity contribution in [3.8, 4) is 17.1 Å². The number of aromatic nitrogens is 1. The Morgan fingerprint density at radius 3 is 2.94 bits per heavy atom. The molecule has 0 aliphatic rings. The van der Waals surface area contributed by atoms with Crippen molar-refractivity contribution in [1.29, 1.82) is 0 Å². The minimum Gasteiger partial charge on any atom is -0.507 e. The molecular formula is C13H14N2O2. The van der Waals surface area contributed by atoms with Gasteiger partial charge in [0.25, 0.3) is 0 Å². The van der Waals surface area contributed by atoms with Gasteiger partial charge in [-0.15, -0.1) is 0 Å². The minimum atomic E-state index is 0.178. The van der Waals surface area contributed by atoms with E-state index in [1.54, 1.807) is 18.3 Å². The third-order valence-corrected chi connectivity index (χ3v) is 2.37. The molecule has 17 heavy (non-hydrogen) atoms. The molecule has 1 heterocycles. The van der Waals surface area contributed by atoms with Gasteiger partial charge in [0.15, 0.2) is 5.76 Å². The average molecular weight is 230 g/mol. The molecule has 1 aromatic heterocycles. The molecule has 0 unspecified atom stereocenters. The maximum Gasteiger partial charge on any atom is 0.170 e. The highest BCUT2D eigenvalue weighted by molar-refractivity contribution is 5.69. The van der Waals surface area contributed by atoms with E-state index in [-0.39, 0.29) is 5.75 Å². The van der Waals surface area contributed by atoms with Crippen LogP contribution in [0.4, 0.5) is 0 Å². The molecule has 3 N–H and O–H groups in total. The second-order valence-corrected chi connectivity index (χ2v) is 3.63. The van der Waals surface area contributed by atoms with Crippen LogP contribution in [0.15, 0.2) is 41.1 Å². The molecular weight excluding hydrogens is 216 g/mol. The molecule has 4 heteroatoms. The van der Waals surface area contributed by atoms with Crippen molar-refractivity contribution in [3.05, 3.63) is 42.1 Å². The number of rotatable bonds is 4. The van der Waals surface area contributed by atoms with Crippen LogP contribution in [0.5, 0.6) is 5.75 Å². The zero-order valence-corrected chi connectivity index (χ0v) is 9.34. The minimum absolute atomic E-state index is 0.178. The van der Waals surface area contributed by atoms with E-state index in [1.165, 1.54) is 0 Å². The Morgan fingerprint density at radius 1 is 1.35 bits per heavy atom. The highest BCUT2D eigenvalue weighted by Crippen LogP contribution is 2.29. The van der Waals surface area contributed by atoms with Crippen LogP contribution in [0.2, 0.25) is 0 Å². The monoisotopic (exact) mass is 230 g/mol. The van der Waals surface area contributed by atoms with Gasteiger partial charge in [0.1, 0.15) is 5.75 Å². The van der Waals surface area contributed by atoms with E-state index >= 15 is 0 Å². The van der Waals surface area contributed by atoms with Gasteiger partial charge >= 0.3 is 0 Å². The highest BCUT2D eigenvalue weighted by atomic mass is 16.5. The van der Waals surface area contributed by atoms with Crippen LogP contribution in [0, 0.1) is 0 Å². The van der Waals surface area contributed by atoms with Crippen molar-refractivity contribution in [2.24, 2.45) is 5.73 Å². The molecule has 88 valence electrons. The van der Waals surface area contributed by atoms with E-state index in [9.17, 15) is 5.11 Å². The Bertz CT molecular complexity index is 504. The van der Waals surface area contributed by atoms with Gasteiger partial charge in [0.05, 0.1) is 11.8 Å². The topological polar surface area (TPSA) is 72.3 Å². The summed E-state index contributed by atoms with van der Waals surface area (Å²) in [4.78, 5) is 0. The van der Waals surface area contributed by atoms with E-state index in [0.29, 0.717) is 17.9 Å². The maximum atomic E-state index is 9.75. The number of phenolic OH excluding ortho intramolecular Hbond substituents is 1. The average Bonchev–Trinajstić information content (AvgIpc) is 2.85. The molecule has 2 rings (SSSR count). The number of benzene rings is 1. The van der Waals surface area contributed by atoms with E-state index in [0.717, 1.165) is 12.0 Å². The molecule has 0 fully saturated rings. The van der Waals surface area contributed by atoms with Crippen molar-refractivity contribution in [2.75, 3.05) is 6.54 Å². The van der Waals surface area contributed by atoms with Crippen LogP contribution in [-0.4, -0.2) is 16.8 Å². The fourth-order valence-corrected chi connectivity index (χ4v) is 1.53. The normalized spacial score (nSPS) is 11.1. The van der Waals surface area contributed by atoms with E-state index in [2.05, 4.69) is 5.16 Å². The number of phenols is 1. The van der Waals surface area contributed by atoms with Crippen LogP contribution >= 0.6 is 0 Å². The third kappa shape index (κ3) is 2.73. The van der Waals surface area contributed by atoms with Gasteiger partial charge < -0.3 is 15.4 Å². The zero-order valence-electron chi connectivity index (χ0n) is 9.34. The van der Waals surface area contributed by atoms with Crippen molar-refractivity contribution in [3.63, 3.8) is 0 Å².